The van der Waals surface area contributed by atoms with Crippen molar-refractivity contribution in [2.24, 2.45) is 0 Å². The number of nitrogens with zero attached hydrogens (tertiary/aromatic N) is 3. The van der Waals surface area contributed by atoms with E-state index in [4.69, 9.17) is 5.11 Å². The van der Waals surface area contributed by atoms with Crippen LogP contribution in [-0.2, 0) is 6.54 Å². The van der Waals surface area contributed by atoms with Gasteiger partial charge in [-0.1, -0.05) is 17.1 Å². The Bertz CT molecular complexity index is 624. The van der Waals surface area contributed by atoms with Crippen LogP contribution >= 0.6 is 0 Å². The Hall–Kier alpha value is -2.65. The van der Waals surface area contributed by atoms with Gasteiger partial charge in [-0.15, -0.1) is 5.10 Å². The van der Waals surface area contributed by atoms with E-state index in [1.165, 1.54) is 0 Å². The van der Waals surface area contributed by atoms with Gasteiger partial charge in [-0.05, 0) is 24.3 Å². The first-order valence-corrected chi connectivity index (χ1v) is 6.61. The van der Waals surface area contributed by atoms with Crippen molar-refractivity contribution in [3.05, 3.63) is 47.8 Å². The van der Waals surface area contributed by atoms with E-state index in [2.05, 4.69) is 27.5 Å². The molecule has 0 aliphatic rings. The Morgan fingerprint density at radius 2 is 2.14 bits per heavy atom. The molecule has 1 heterocycles. The van der Waals surface area contributed by atoms with Crippen molar-refractivity contribution in [2.45, 2.75) is 13.0 Å². The van der Waals surface area contributed by atoms with E-state index in [0.717, 1.165) is 5.56 Å². The highest BCUT2D eigenvalue weighted by atomic mass is 16.2. The van der Waals surface area contributed by atoms with Crippen LogP contribution in [0.15, 0.2) is 36.7 Å². The summed E-state index contributed by atoms with van der Waals surface area (Å²) in [5, 5.41) is 19.0. The minimum Gasteiger partial charge on any atom is -0.395 e. The Kier molecular flexibility index (Phi) is 5.50. The van der Waals surface area contributed by atoms with E-state index in [1.54, 1.807) is 41.3 Å². The average molecular weight is 284 g/mol. The first-order chi connectivity index (χ1) is 10.3. The number of aliphatic hydroxyl groups is 1. The smallest absolute Gasteiger partial charge is 0.251 e. The molecule has 21 heavy (non-hydrogen) atoms. The summed E-state index contributed by atoms with van der Waals surface area (Å²) < 4.78 is 1.65. The molecule has 6 nitrogen and oxygen atoms in total. The molecule has 0 fully saturated rings. The lowest BCUT2D eigenvalue weighted by Gasteiger charge is -2.05. The van der Waals surface area contributed by atoms with Gasteiger partial charge in [-0.3, -0.25) is 9.48 Å². The number of nitrogens with one attached hydrogen (secondary N) is 1. The third-order valence-electron chi connectivity index (χ3n) is 2.72. The van der Waals surface area contributed by atoms with Crippen LogP contribution < -0.4 is 5.32 Å². The van der Waals surface area contributed by atoms with E-state index in [1.807, 2.05) is 0 Å². The molecule has 1 aromatic heterocycles. The van der Waals surface area contributed by atoms with Crippen LogP contribution in [0.1, 0.15) is 22.3 Å². The Morgan fingerprint density at radius 3 is 2.81 bits per heavy atom. The van der Waals surface area contributed by atoms with Crippen molar-refractivity contribution in [3.8, 4) is 11.8 Å². The van der Waals surface area contributed by atoms with Gasteiger partial charge in [0, 0.05) is 30.3 Å². The van der Waals surface area contributed by atoms with E-state index < -0.39 is 0 Å². The molecule has 0 spiro atoms. The molecule has 0 atom stereocenters. The van der Waals surface area contributed by atoms with Crippen LogP contribution in [0.2, 0.25) is 0 Å². The van der Waals surface area contributed by atoms with Crippen LogP contribution in [-0.4, -0.2) is 39.2 Å². The van der Waals surface area contributed by atoms with E-state index >= 15 is 0 Å². The number of rotatable bonds is 5. The largest absolute Gasteiger partial charge is 0.395 e. The molecule has 6 heteroatoms. The monoisotopic (exact) mass is 284 g/mol. The maximum atomic E-state index is 11.9. The lowest BCUT2D eigenvalue weighted by Crippen LogP contribution is -2.27. The number of hydrogen-bond acceptors (Lipinski definition) is 4. The maximum absolute atomic E-state index is 11.9. The Labute approximate surface area is 122 Å². The summed E-state index contributed by atoms with van der Waals surface area (Å²) >= 11 is 0. The minimum absolute atomic E-state index is 0.0548. The van der Waals surface area contributed by atoms with Gasteiger partial charge >= 0.3 is 0 Å². The zero-order valence-electron chi connectivity index (χ0n) is 11.5. The molecule has 0 radical (unpaired) electrons. The summed E-state index contributed by atoms with van der Waals surface area (Å²) in [5.74, 6) is 5.61. The van der Waals surface area contributed by atoms with Crippen molar-refractivity contribution in [1.82, 2.24) is 20.3 Å². The second-order valence-corrected chi connectivity index (χ2v) is 4.27. The van der Waals surface area contributed by atoms with Gasteiger partial charge in [0.1, 0.15) is 0 Å². The summed E-state index contributed by atoms with van der Waals surface area (Å²) in [6.07, 6.45) is 3.79. The van der Waals surface area contributed by atoms with Crippen molar-refractivity contribution >= 4 is 5.91 Å². The predicted octanol–water partition coefficient (Wildman–Crippen LogP) is 0.442. The third-order valence-corrected chi connectivity index (χ3v) is 2.72. The standard InChI is InChI=1S/C15H16N4O2/c20-12-2-1-3-13-4-6-14(7-5-13)15(21)16-8-10-19-11-9-17-18-19/h4-7,9,11,20H,2,8,10,12H2,(H,16,21). The SMILES string of the molecule is O=C(NCCn1ccnn1)c1ccc(C#CCCO)cc1. The molecule has 0 aliphatic heterocycles. The Morgan fingerprint density at radius 1 is 1.33 bits per heavy atom. The fourth-order valence-corrected chi connectivity index (χ4v) is 1.66. The first-order valence-electron chi connectivity index (χ1n) is 6.61. The number of benzene rings is 1. The number of carbonyl (C=O) groups excluding carboxylic acids is 1. The van der Waals surface area contributed by atoms with Crippen LogP contribution in [0.5, 0.6) is 0 Å². The quantitative estimate of drug-likeness (QED) is 0.781. The lowest BCUT2D eigenvalue weighted by atomic mass is 10.1. The molecule has 108 valence electrons. The summed E-state index contributed by atoms with van der Waals surface area (Å²) in [5.41, 5.74) is 1.41. The fourth-order valence-electron chi connectivity index (χ4n) is 1.66. The van der Waals surface area contributed by atoms with Gasteiger partial charge in [-0.2, -0.15) is 0 Å². The van der Waals surface area contributed by atoms with Crippen LogP contribution in [0.25, 0.3) is 0 Å². The normalized spacial score (nSPS) is 9.76. The number of hydrogen-bond donors (Lipinski definition) is 2. The topological polar surface area (TPSA) is 80.0 Å². The van der Waals surface area contributed by atoms with Gasteiger partial charge in [0.2, 0.25) is 0 Å². The Balaban J connectivity index is 1.83. The summed E-state index contributed by atoms with van der Waals surface area (Å²) in [7, 11) is 0. The number of aliphatic hydroxyl groups excluding tert-OH is 1. The van der Waals surface area contributed by atoms with Gasteiger partial charge in [0.25, 0.3) is 5.91 Å². The first kappa shape index (κ1) is 14.8. The zero-order valence-corrected chi connectivity index (χ0v) is 11.5. The number of carbonyl (C=O) groups is 1. The summed E-state index contributed by atoms with van der Waals surface area (Å²) in [6.45, 7) is 1.12. The van der Waals surface area contributed by atoms with Gasteiger partial charge in [0.05, 0.1) is 19.3 Å². The van der Waals surface area contributed by atoms with Crippen LogP contribution in [0.4, 0.5) is 0 Å². The molecule has 0 unspecified atom stereocenters. The molecule has 2 aromatic rings. The molecule has 0 saturated carbocycles. The maximum Gasteiger partial charge on any atom is 0.251 e. The van der Waals surface area contributed by atoms with E-state index in [9.17, 15) is 4.79 Å². The molecule has 1 aromatic carbocycles. The molecule has 2 N–H and O–H groups in total. The average Bonchev–Trinajstić information content (AvgIpc) is 3.01. The van der Waals surface area contributed by atoms with Crippen LogP contribution in [0.3, 0.4) is 0 Å². The highest BCUT2D eigenvalue weighted by molar-refractivity contribution is 5.94. The highest BCUT2D eigenvalue weighted by Crippen LogP contribution is 2.03. The molecule has 0 aliphatic carbocycles. The van der Waals surface area contributed by atoms with E-state index in [-0.39, 0.29) is 12.5 Å². The molecular formula is C15H16N4O2. The van der Waals surface area contributed by atoms with Crippen LogP contribution in [0, 0.1) is 11.8 Å². The zero-order chi connectivity index (χ0) is 14.9. The second kappa shape index (κ2) is 7.82. The van der Waals surface area contributed by atoms with Gasteiger partial charge < -0.3 is 10.4 Å². The number of aromatic nitrogens is 3. The van der Waals surface area contributed by atoms with Gasteiger partial charge in [-0.25, -0.2) is 0 Å². The fraction of sp³-hybridized carbons (Fsp3) is 0.267. The molecule has 0 bridgehead atoms. The van der Waals surface area contributed by atoms with E-state index in [0.29, 0.717) is 25.1 Å². The molecule has 0 saturated heterocycles. The molecular weight excluding hydrogens is 268 g/mol. The van der Waals surface area contributed by atoms with Crippen molar-refractivity contribution in [2.75, 3.05) is 13.2 Å². The predicted molar refractivity (Wildman–Crippen MR) is 77.4 cm³/mol. The molecule has 2 rings (SSSR count). The molecule has 1 amide bonds. The van der Waals surface area contributed by atoms with Crippen molar-refractivity contribution < 1.29 is 9.90 Å². The van der Waals surface area contributed by atoms with Crippen molar-refractivity contribution in [3.63, 3.8) is 0 Å². The number of amides is 1. The second-order valence-electron chi connectivity index (χ2n) is 4.27. The van der Waals surface area contributed by atoms with Gasteiger partial charge in [0.15, 0.2) is 0 Å². The third kappa shape index (κ3) is 4.75. The lowest BCUT2D eigenvalue weighted by molar-refractivity contribution is 0.0952. The minimum atomic E-state index is -0.134. The summed E-state index contributed by atoms with van der Waals surface area (Å²) in [6, 6.07) is 7.04. The summed E-state index contributed by atoms with van der Waals surface area (Å²) in [4.78, 5) is 11.9. The highest BCUT2D eigenvalue weighted by Gasteiger charge is 2.04. The van der Waals surface area contributed by atoms with Crippen molar-refractivity contribution in [1.29, 1.82) is 0 Å².